The molecular formula is C7H12N4O2. The fourth-order valence-electron chi connectivity index (χ4n) is 0.912. The summed E-state index contributed by atoms with van der Waals surface area (Å²) in [5.41, 5.74) is 4.25. The molecule has 1 aromatic rings. The molecule has 0 bridgehead atoms. The van der Waals surface area contributed by atoms with Crippen LogP contribution < -0.4 is 11.1 Å². The van der Waals surface area contributed by atoms with Crippen molar-refractivity contribution in [3.8, 4) is 0 Å². The zero-order valence-electron chi connectivity index (χ0n) is 7.79. The van der Waals surface area contributed by atoms with Gasteiger partial charge in [0.05, 0.1) is 0 Å². The monoisotopic (exact) mass is 184 g/mol. The Kier molecular flexibility index (Phi) is 2.22. The minimum Gasteiger partial charge on any atom is -0.352 e. The lowest BCUT2D eigenvalue weighted by Crippen LogP contribution is -2.44. The number of nitrogens with one attached hydrogen (secondary N) is 1. The quantitative estimate of drug-likeness (QED) is 0.690. The van der Waals surface area contributed by atoms with E-state index in [0.29, 0.717) is 11.7 Å². The minimum absolute atomic E-state index is 0.337. The van der Waals surface area contributed by atoms with Gasteiger partial charge in [-0.2, -0.15) is 4.98 Å². The highest BCUT2D eigenvalue weighted by Crippen LogP contribution is 2.16. The van der Waals surface area contributed by atoms with Crippen molar-refractivity contribution in [2.75, 3.05) is 0 Å². The molecule has 0 unspecified atom stereocenters. The summed E-state index contributed by atoms with van der Waals surface area (Å²) < 4.78 is 4.90. The maximum Gasteiger partial charge on any atom is 0.313 e. The van der Waals surface area contributed by atoms with Gasteiger partial charge in [-0.05, 0) is 20.8 Å². The van der Waals surface area contributed by atoms with Gasteiger partial charge in [0, 0.05) is 0 Å². The van der Waals surface area contributed by atoms with Crippen LogP contribution in [0.5, 0.6) is 0 Å². The van der Waals surface area contributed by atoms with Crippen LogP contribution in [0.4, 0.5) is 4.79 Å². The Balaban J connectivity index is 2.86. The fourth-order valence-corrected chi connectivity index (χ4v) is 0.912. The van der Waals surface area contributed by atoms with Crippen molar-refractivity contribution >= 4 is 6.03 Å². The van der Waals surface area contributed by atoms with Crippen LogP contribution in [0.25, 0.3) is 0 Å². The van der Waals surface area contributed by atoms with E-state index in [2.05, 4.69) is 15.5 Å². The fraction of sp³-hybridized carbons (Fsp3) is 0.571. The largest absolute Gasteiger partial charge is 0.352 e. The minimum atomic E-state index is -0.729. The lowest BCUT2D eigenvalue weighted by Gasteiger charge is -2.19. The van der Waals surface area contributed by atoms with Crippen molar-refractivity contribution in [2.24, 2.45) is 5.73 Å². The first-order chi connectivity index (χ1) is 5.92. The van der Waals surface area contributed by atoms with Crippen LogP contribution in [0, 0.1) is 6.92 Å². The Hall–Kier alpha value is -1.59. The second-order valence-electron chi connectivity index (χ2n) is 3.26. The van der Waals surface area contributed by atoms with Gasteiger partial charge in [-0.3, -0.25) is 0 Å². The average molecular weight is 184 g/mol. The second-order valence-corrected chi connectivity index (χ2v) is 3.26. The molecule has 6 heteroatoms. The van der Waals surface area contributed by atoms with Gasteiger partial charge in [0.15, 0.2) is 5.82 Å². The number of nitrogens with zero attached hydrogens (tertiary/aromatic N) is 2. The standard InChI is InChI=1S/C7H12N4O2/c1-4-9-5(13-11-4)7(2,3)10-6(8)12/h1-3H3,(H3,8,10,12). The van der Waals surface area contributed by atoms with E-state index in [1.54, 1.807) is 20.8 Å². The molecular weight excluding hydrogens is 172 g/mol. The number of aryl methyl sites for hydroxylation is 1. The molecule has 0 atom stereocenters. The molecule has 0 radical (unpaired) electrons. The summed E-state index contributed by atoms with van der Waals surface area (Å²) in [5.74, 6) is 0.859. The molecule has 0 aliphatic heterocycles. The topological polar surface area (TPSA) is 94.0 Å². The number of urea groups is 1. The predicted molar refractivity (Wildman–Crippen MR) is 44.8 cm³/mol. The summed E-state index contributed by atoms with van der Waals surface area (Å²) in [6.07, 6.45) is 0. The number of carbonyl (C=O) groups excluding carboxylic acids is 1. The first-order valence-corrected chi connectivity index (χ1v) is 3.80. The molecule has 72 valence electrons. The number of nitrogens with two attached hydrogens (primary N) is 1. The Morgan fingerprint density at radius 1 is 1.62 bits per heavy atom. The van der Waals surface area contributed by atoms with E-state index in [0.717, 1.165) is 0 Å². The van der Waals surface area contributed by atoms with E-state index < -0.39 is 11.6 Å². The molecule has 6 nitrogen and oxygen atoms in total. The van der Waals surface area contributed by atoms with Crippen LogP contribution in [0.15, 0.2) is 4.52 Å². The summed E-state index contributed by atoms with van der Waals surface area (Å²) in [7, 11) is 0. The summed E-state index contributed by atoms with van der Waals surface area (Å²) in [4.78, 5) is 14.6. The van der Waals surface area contributed by atoms with Crippen molar-refractivity contribution in [1.82, 2.24) is 15.5 Å². The number of rotatable bonds is 2. The number of amides is 2. The van der Waals surface area contributed by atoms with Gasteiger partial charge < -0.3 is 15.6 Å². The Morgan fingerprint density at radius 2 is 2.23 bits per heavy atom. The third-order valence-corrected chi connectivity index (χ3v) is 1.50. The number of hydrogen-bond acceptors (Lipinski definition) is 4. The highest BCUT2D eigenvalue weighted by Gasteiger charge is 2.28. The Labute approximate surface area is 75.5 Å². The van der Waals surface area contributed by atoms with E-state index in [1.807, 2.05) is 0 Å². The lowest BCUT2D eigenvalue weighted by atomic mass is 10.1. The number of hydrogen-bond donors (Lipinski definition) is 2. The van der Waals surface area contributed by atoms with Crippen molar-refractivity contribution < 1.29 is 9.32 Å². The molecule has 0 aliphatic rings. The van der Waals surface area contributed by atoms with Gasteiger partial charge in [-0.25, -0.2) is 4.79 Å². The van der Waals surface area contributed by atoms with Crippen molar-refractivity contribution in [3.05, 3.63) is 11.7 Å². The molecule has 0 aromatic carbocycles. The van der Waals surface area contributed by atoms with Crippen LogP contribution in [0.2, 0.25) is 0 Å². The molecule has 1 rings (SSSR count). The van der Waals surface area contributed by atoms with Gasteiger partial charge in [0.25, 0.3) is 5.89 Å². The van der Waals surface area contributed by atoms with Crippen molar-refractivity contribution in [3.63, 3.8) is 0 Å². The molecule has 13 heavy (non-hydrogen) atoms. The van der Waals surface area contributed by atoms with Crippen LogP contribution >= 0.6 is 0 Å². The van der Waals surface area contributed by atoms with Crippen LogP contribution in [-0.4, -0.2) is 16.2 Å². The van der Waals surface area contributed by atoms with Crippen LogP contribution in [0.1, 0.15) is 25.6 Å². The Bertz CT molecular complexity index is 318. The van der Waals surface area contributed by atoms with E-state index in [-0.39, 0.29) is 0 Å². The highest BCUT2D eigenvalue weighted by molar-refractivity contribution is 5.72. The van der Waals surface area contributed by atoms with Gasteiger partial charge in [0.1, 0.15) is 5.54 Å². The molecule has 3 N–H and O–H groups in total. The predicted octanol–water partition coefficient (Wildman–Crippen LogP) is 0.281. The number of carbonyl (C=O) groups is 1. The summed E-state index contributed by atoms with van der Waals surface area (Å²) >= 11 is 0. The zero-order chi connectivity index (χ0) is 10.1. The number of aromatic nitrogens is 2. The van der Waals surface area contributed by atoms with Crippen molar-refractivity contribution in [2.45, 2.75) is 26.3 Å². The van der Waals surface area contributed by atoms with Gasteiger partial charge in [0.2, 0.25) is 0 Å². The number of primary amides is 1. The molecule has 0 aliphatic carbocycles. The molecule has 2 amide bonds. The third-order valence-electron chi connectivity index (χ3n) is 1.50. The van der Waals surface area contributed by atoms with Crippen LogP contribution in [-0.2, 0) is 5.54 Å². The molecule has 0 saturated carbocycles. The van der Waals surface area contributed by atoms with E-state index in [4.69, 9.17) is 10.3 Å². The smallest absolute Gasteiger partial charge is 0.313 e. The molecule has 0 fully saturated rings. The average Bonchev–Trinajstić information content (AvgIpc) is 2.32. The molecule has 1 heterocycles. The lowest BCUT2D eigenvalue weighted by molar-refractivity contribution is 0.225. The second kappa shape index (κ2) is 3.04. The summed E-state index contributed by atoms with van der Waals surface area (Å²) in [5, 5.41) is 6.10. The van der Waals surface area contributed by atoms with Crippen molar-refractivity contribution in [1.29, 1.82) is 0 Å². The third kappa shape index (κ3) is 2.17. The maximum absolute atomic E-state index is 10.6. The maximum atomic E-state index is 10.6. The first-order valence-electron chi connectivity index (χ1n) is 3.80. The SMILES string of the molecule is Cc1noc(C(C)(C)NC(N)=O)n1. The molecule has 1 aromatic heterocycles. The Morgan fingerprint density at radius 3 is 2.62 bits per heavy atom. The molecule has 0 saturated heterocycles. The summed E-state index contributed by atoms with van der Waals surface area (Å²) in [6, 6.07) is -0.624. The zero-order valence-corrected chi connectivity index (χ0v) is 7.79. The first kappa shape index (κ1) is 9.50. The summed E-state index contributed by atoms with van der Waals surface area (Å²) in [6.45, 7) is 5.16. The molecule has 0 spiro atoms. The van der Waals surface area contributed by atoms with E-state index >= 15 is 0 Å². The van der Waals surface area contributed by atoms with E-state index in [9.17, 15) is 4.79 Å². The normalized spacial score (nSPS) is 11.3. The van der Waals surface area contributed by atoms with Gasteiger partial charge in [-0.1, -0.05) is 5.16 Å². The van der Waals surface area contributed by atoms with Crippen LogP contribution in [0.3, 0.4) is 0 Å². The van der Waals surface area contributed by atoms with E-state index in [1.165, 1.54) is 0 Å². The van der Waals surface area contributed by atoms with Gasteiger partial charge in [-0.15, -0.1) is 0 Å². The highest BCUT2D eigenvalue weighted by atomic mass is 16.5. The van der Waals surface area contributed by atoms with Gasteiger partial charge >= 0.3 is 6.03 Å².